The van der Waals surface area contributed by atoms with Crippen molar-refractivity contribution in [1.29, 1.82) is 0 Å². The molecule has 2 atom stereocenters. The number of hydrogen-bond acceptors (Lipinski definition) is 2. The van der Waals surface area contributed by atoms with Gasteiger partial charge in [0.25, 0.3) is 5.91 Å². The van der Waals surface area contributed by atoms with Gasteiger partial charge in [-0.2, -0.15) is 0 Å². The topological polar surface area (TPSA) is 55.1 Å². The van der Waals surface area contributed by atoms with Gasteiger partial charge in [0.05, 0.1) is 16.3 Å². The smallest absolute Gasteiger partial charge is 0.253 e. The fourth-order valence-corrected chi connectivity index (χ4v) is 2.06. The molecule has 86 valence electrons. The second kappa shape index (κ2) is 4.34. The van der Waals surface area contributed by atoms with Gasteiger partial charge in [-0.05, 0) is 24.5 Å². The van der Waals surface area contributed by atoms with Gasteiger partial charge >= 0.3 is 0 Å². The van der Waals surface area contributed by atoms with E-state index < -0.39 is 0 Å². The van der Waals surface area contributed by atoms with Crippen molar-refractivity contribution in [1.82, 2.24) is 5.32 Å². The maximum Gasteiger partial charge on any atom is 0.253 e. The van der Waals surface area contributed by atoms with E-state index in [0.717, 1.165) is 12.8 Å². The molecule has 2 unspecified atom stereocenters. The molecule has 0 spiro atoms. The molecule has 3 nitrogen and oxygen atoms in total. The SMILES string of the molecule is CCC1CC1NC(=O)c1cccc(N)c1Cl. The van der Waals surface area contributed by atoms with E-state index in [-0.39, 0.29) is 5.91 Å². The standard InChI is InChI=1S/C12H15ClN2O/c1-2-7-6-10(7)15-12(16)8-4-3-5-9(14)11(8)13/h3-5,7,10H,2,6,14H2,1H3,(H,15,16). The van der Waals surface area contributed by atoms with E-state index in [1.54, 1.807) is 18.2 Å². The molecule has 2 rings (SSSR count). The van der Waals surface area contributed by atoms with Gasteiger partial charge in [0.1, 0.15) is 0 Å². The summed E-state index contributed by atoms with van der Waals surface area (Å²) in [4.78, 5) is 11.9. The number of nitrogens with one attached hydrogen (secondary N) is 1. The zero-order valence-corrected chi connectivity index (χ0v) is 9.92. The number of benzene rings is 1. The Morgan fingerprint density at radius 1 is 1.62 bits per heavy atom. The van der Waals surface area contributed by atoms with Crippen molar-refractivity contribution in [3.63, 3.8) is 0 Å². The minimum Gasteiger partial charge on any atom is -0.398 e. The normalized spacial score (nSPS) is 22.9. The maximum absolute atomic E-state index is 11.9. The van der Waals surface area contributed by atoms with Crippen LogP contribution < -0.4 is 11.1 Å². The van der Waals surface area contributed by atoms with Crippen molar-refractivity contribution in [2.75, 3.05) is 5.73 Å². The van der Waals surface area contributed by atoms with E-state index >= 15 is 0 Å². The monoisotopic (exact) mass is 238 g/mol. The fourth-order valence-electron chi connectivity index (χ4n) is 1.85. The number of nitrogens with two attached hydrogens (primary N) is 1. The van der Waals surface area contributed by atoms with Crippen molar-refractivity contribution >= 4 is 23.2 Å². The largest absolute Gasteiger partial charge is 0.398 e. The molecule has 1 fully saturated rings. The summed E-state index contributed by atoms with van der Waals surface area (Å²) in [6.07, 6.45) is 2.18. The average Bonchev–Trinajstić information content (AvgIpc) is 3.00. The van der Waals surface area contributed by atoms with E-state index in [1.165, 1.54) is 0 Å². The zero-order valence-electron chi connectivity index (χ0n) is 9.16. The summed E-state index contributed by atoms with van der Waals surface area (Å²) in [7, 11) is 0. The van der Waals surface area contributed by atoms with Crippen LogP contribution in [0.3, 0.4) is 0 Å². The molecule has 0 heterocycles. The molecule has 0 saturated heterocycles. The van der Waals surface area contributed by atoms with Crippen LogP contribution in [0.4, 0.5) is 5.69 Å². The lowest BCUT2D eigenvalue weighted by atomic mass is 10.2. The minimum absolute atomic E-state index is 0.127. The molecule has 0 aliphatic heterocycles. The molecule has 1 aliphatic rings. The molecular formula is C12H15ClN2O. The highest BCUT2D eigenvalue weighted by Gasteiger charge is 2.36. The fraction of sp³-hybridized carbons (Fsp3) is 0.417. The van der Waals surface area contributed by atoms with Gasteiger partial charge in [-0.3, -0.25) is 4.79 Å². The van der Waals surface area contributed by atoms with Gasteiger partial charge in [0.2, 0.25) is 0 Å². The van der Waals surface area contributed by atoms with Crippen LogP contribution in [0.15, 0.2) is 18.2 Å². The lowest BCUT2D eigenvalue weighted by molar-refractivity contribution is 0.0949. The summed E-state index contributed by atoms with van der Waals surface area (Å²) in [6.45, 7) is 2.13. The third-order valence-corrected chi connectivity index (χ3v) is 3.46. The first-order valence-electron chi connectivity index (χ1n) is 5.48. The quantitative estimate of drug-likeness (QED) is 0.795. The van der Waals surface area contributed by atoms with Crippen LogP contribution in [0, 0.1) is 5.92 Å². The predicted octanol–water partition coefficient (Wildman–Crippen LogP) is 2.45. The van der Waals surface area contributed by atoms with E-state index in [4.69, 9.17) is 17.3 Å². The van der Waals surface area contributed by atoms with Crippen LogP contribution in [0.5, 0.6) is 0 Å². The molecule has 0 aromatic heterocycles. The summed E-state index contributed by atoms with van der Waals surface area (Å²) in [5.41, 5.74) is 6.55. The van der Waals surface area contributed by atoms with Crippen LogP contribution >= 0.6 is 11.6 Å². The average molecular weight is 239 g/mol. The number of hydrogen-bond donors (Lipinski definition) is 2. The Bertz CT molecular complexity index is 419. The Hall–Kier alpha value is -1.22. The number of carbonyl (C=O) groups excluding carboxylic acids is 1. The van der Waals surface area contributed by atoms with E-state index in [9.17, 15) is 4.79 Å². The molecule has 1 aromatic carbocycles. The van der Waals surface area contributed by atoms with Crippen molar-refractivity contribution in [2.24, 2.45) is 5.92 Å². The Morgan fingerprint density at radius 3 is 3.00 bits per heavy atom. The predicted molar refractivity (Wildman–Crippen MR) is 65.5 cm³/mol. The van der Waals surface area contributed by atoms with Crippen LogP contribution in [0.2, 0.25) is 5.02 Å². The number of rotatable bonds is 3. The van der Waals surface area contributed by atoms with E-state index in [2.05, 4.69) is 12.2 Å². The van der Waals surface area contributed by atoms with Gasteiger partial charge in [-0.15, -0.1) is 0 Å². The molecule has 0 radical (unpaired) electrons. The molecular weight excluding hydrogens is 224 g/mol. The summed E-state index contributed by atoms with van der Waals surface area (Å²) in [5.74, 6) is 0.502. The number of amides is 1. The Morgan fingerprint density at radius 2 is 2.38 bits per heavy atom. The van der Waals surface area contributed by atoms with Gasteiger partial charge in [-0.25, -0.2) is 0 Å². The Kier molecular flexibility index (Phi) is 3.06. The molecule has 4 heteroatoms. The Labute approximate surface area is 100.0 Å². The minimum atomic E-state index is -0.127. The molecule has 1 saturated carbocycles. The molecule has 16 heavy (non-hydrogen) atoms. The highest BCUT2D eigenvalue weighted by Crippen LogP contribution is 2.33. The number of nitrogen functional groups attached to an aromatic ring is 1. The van der Waals surface area contributed by atoms with Crippen LogP contribution in [0.25, 0.3) is 0 Å². The van der Waals surface area contributed by atoms with Gasteiger partial charge < -0.3 is 11.1 Å². The summed E-state index contributed by atoms with van der Waals surface area (Å²) in [6, 6.07) is 5.43. The van der Waals surface area contributed by atoms with E-state index in [1.807, 2.05) is 0 Å². The first-order valence-corrected chi connectivity index (χ1v) is 5.86. The van der Waals surface area contributed by atoms with Gasteiger partial charge in [0.15, 0.2) is 0 Å². The number of carbonyl (C=O) groups is 1. The number of anilines is 1. The highest BCUT2D eigenvalue weighted by atomic mass is 35.5. The third kappa shape index (κ3) is 2.14. The lowest BCUT2D eigenvalue weighted by Crippen LogP contribution is -2.27. The molecule has 0 bridgehead atoms. The van der Waals surface area contributed by atoms with Crippen molar-refractivity contribution < 1.29 is 4.79 Å². The van der Waals surface area contributed by atoms with Gasteiger partial charge in [0, 0.05) is 6.04 Å². The van der Waals surface area contributed by atoms with Crippen molar-refractivity contribution in [2.45, 2.75) is 25.8 Å². The van der Waals surface area contributed by atoms with Gasteiger partial charge in [-0.1, -0.05) is 31.0 Å². The van der Waals surface area contributed by atoms with Crippen molar-refractivity contribution in [3.05, 3.63) is 28.8 Å². The van der Waals surface area contributed by atoms with Crippen LogP contribution in [-0.2, 0) is 0 Å². The highest BCUT2D eigenvalue weighted by molar-refractivity contribution is 6.36. The first kappa shape index (κ1) is 11.3. The molecule has 1 aromatic rings. The lowest BCUT2D eigenvalue weighted by Gasteiger charge is -2.07. The number of halogens is 1. The summed E-state index contributed by atoms with van der Waals surface area (Å²) < 4.78 is 0. The summed E-state index contributed by atoms with van der Waals surface area (Å²) >= 11 is 5.98. The third-order valence-electron chi connectivity index (χ3n) is 3.04. The summed E-state index contributed by atoms with van der Waals surface area (Å²) in [5, 5.41) is 3.30. The van der Waals surface area contributed by atoms with Crippen LogP contribution in [0.1, 0.15) is 30.1 Å². The van der Waals surface area contributed by atoms with E-state index in [0.29, 0.717) is 28.2 Å². The Balaban J connectivity index is 2.07. The molecule has 1 amide bonds. The molecule has 3 N–H and O–H groups in total. The first-order chi connectivity index (χ1) is 7.63. The molecule has 1 aliphatic carbocycles. The second-order valence-corrected chi connectivity index (χ2v) is 4.57. The second-order valence-electron chi connectivity index (χ2n) is 4.19. The zero-order chi connectivity index (χ0) is 11.7. The van der Waals surface area contributed by atoms with Crippen LogP contribution in [-0.4, -0.2) is 11.9 Å². The maximum atomic E-state index is 11.9. The van der Waals surface area contributed by atoms with Crippen molar-refractivity contribution in [3.8, 4) is 0 Å².